The fourth-order valence-corrected chi connectivity index (χ4v) is 5.55. The van der Waals surface area contributed by atoms with E-state index >= 15 is 0 Å². The van der Waals surface area contributed by atoms with E-state index in [1.54, 1.807) is 11.0 Å². The third-order valence-electron chi connectivity index (χ3n) is 7.52. The Hall–Kier alpha value is -3.56. The number of likely N-dealkylation sites (tertiary alicyclic amines) is 1. The van der Waals surface area contributed by atoms with Crippen LogP contribution in [0.2, 0.25) is 0 Å². The Bertz CT molecular complexity index is 1280. The standard InChI is InChI=1S/C31H38N2O7/c1-4-14-39-25-9-6-21(19-26(25)38-5-2)28-27(29(34)22-7-8-24-23(18-22)17-20(3)40-24)30(35)31(36)33(28)11-10-32-12-15-37-16-13-32/h6-9,18-20,28,34H,4-5,10-17H2,1-3H3/t20-,28+/m1/s1. The summed E-state index contributed by atoms with van der Waals surface area (Å²) in [6.07, 6.45) is 1.60. The number of fused-ring (bicyclic) bond motifs is 1. The molecule has 0 aromatic heterocycles. The SMILES string of the molecule is CCCOc1ccc([C@H]2C(=C(O)c3ccc4c(c3)C[C@@H](C)O4)C(=O)C(=O)N2CCN2CCOCC2)cc1OCC. The molecular formula is C31H38N2O7. The van der Waals surface area contributed by atoms with Crippen LogP contribution in [-0.2, 0) is 20.7 Å². The van der Waals surface area contributed by atoms with Crippen LogP contribution in [0.15, 0.2) is 42.0 Å². The molecule has 0 radical (unpaired) electrons. The van der Waals surface area contributed by atoms with Crippen LogP contribution in [0.4, 0.5) is 0 Å². The number of hydrogen-bond acceptors (Lipinski definition) is 8. The first kappa shape index (κ1) is 28.0. The second kappa shape index (κ2) is 12.3. The summed E-state index contributed by atoms with van der Waals surface area (Å²) in [4.78, 5) is 30.8. The van der Waals surface area contributed by atoms with Crippen molar-refractivity contribution in [2.24, 2.45) is 0 Å². The second-order valence-corrected chi connectivity index (χ2v) is 10.4. The smallest absolute Gasteiger partial charge is 0.295 e. The van der Waals surface area contributed by atoms with Crippen LogP contribution in [0.1, 0.15) is 49.9 Å². The highest BCUT2D eigenvalue weighted by Crippen LogP contribution is 2.43. The minimum Gasteiger partial charge on any atom is -0.507 e. The summed E-state index contributed by atoms with van der Waals surface area (Å²) in [5.74, 6) is 0.404. The molecular weight excluding hydrogens is 512 g/mol. The van der Waals surface area contributed by atoms with Crippen molar-refractivity contribution < 1.29 is 33.6 Å². The molecule has 214 valence electrons. The lowest BCUT2D eigenvalue weighted by molar-refractivity contribution is -0.140. The predicted molar refractivity (Wildman–Crippen MR) is 150 cm³/mol. The van der Waals surface area contributed by atoms with Crippen molar-refractivity contribution in [1.82, 2.24) is 9.80 Å². The van der Waals surface area contributed by atoms with Crippen LogP contribution < -0.4 is 14.2 Å². The normalized spacial score (nSPS) is 22.3. The zero-order chi connectivity index (χ0) is 28.2. The van der Waals surface area contributed by atoms with Gasteiger partial charge < -0.3 is 29.0 Å². The number of Topliss-reactive ketones (excluding diaryl/α,β-unsaturated/α-hetero) is 1. The maximum absolute atomic E-state index is 13.5. The number of aliphatic hydroxyl groups excluding tert-OH is 1. The molecule has 2 fully saturated rings. The van der Waals surface area contributed by atoms with E-state index < -0.39 is 17.7 Å². The lowest BCUT2D eigenvalue weighted by Gasteiger charge is -2.31. The van der Waals surface area contributed by atoms with Crippen LogP contribution in [0.3, 0.4) is 0 Å². The van der Waals surface area contributed by atoms with E-state index in [2.05, 4.69) is 4.90 Å². The molecule has 2 saturated heterocycles. The van der Waals surface area contributed by atoms with Gasteiger partial charge in [0.05, 0.1) is 38.0 Å². The largest absolute Gasteiger partial charge is 0.507 e. The number of carbonyl (C=O) groups is 2. The summed E-state index contributed by atoms with van der Waals surface area (Å²) in [5.41, 5.74) is 2.20. The van der Waals surface area contributed by atoms with Gasteiger partial charge >= 0.3 is 0 Å². The van der Waals surface area contributed by atoms with Crippen molar-refractivity contribution >= 4 is 17.4 Å². The van der Waals surface area contributed by atoms with Gasteiger partial charge in [0.1, 0.15) is 17.6 Å². The van der Waals surface area contributed by atoms with E-state index in [4.69, 9.17) is 18.9 Å². The predicted octanol–water partition coefficient (Wildman–Crippen LogP) is 3.95. The number of amides is 1. The highest BCUT2D eigenvalue weighted by atomic mass is 16.5. The molecule has 1 N–H and O–H groups in total. The summed E-state index contributed by atoms with van der Waals surface area (Å²) in [7, 11) is 0. The van der Waals surface area contributed by atoms with Crippen LogP contribution in [-0.4, -0.2) is 85.3 Å². The summed E-state index contributed by atoms with van der Waals surface area (Å²) < 4.78 is 23.0. The van der Waals surface area contributed by atoms with Gasteiger partial charge in [-0.05, 0) is 61.7 Å². The fourth-order valence-electron chi connectivity index (χ4n) is 5.55. The molecule has 40 heavy (non-hydrogen) atoms. The number of aliphatic hydroxyl groups is 1. The van der Waals surface area contributed by atoms with Crippen LogP contribution in [0.5, 0.6) is 17.2 Å². The van der Waals surface area contributed by atoms with E-state index in [1.165, 1.54) is 0 Å². The third-order valence-corrected chi connectivity index (χ3v) is 7.52. The molecule has 2 aromatic rings. The molecule has 1 amide bonds. The van der Waals surface area contributed by atoms with Crippen molar-refractivity contribution in [2.75, 3.05) is 52.6 Å². The highest BCUT2D eigenvalue weighted by molar-refractivity contribution is 6.46. The summed E-state index contributed by atoms with van der Waals surface area (Å²) in [6.45, 7) is 10.6. The maximum atomic E-state index is 13.5. The quantitative estimate of drug-likeness (QED) is 0.270. The molecule has 3 aliphatic heterocycles. The number of ketones is 1. The molecule has 2 atom stereocenters. The topological polar surface area (TPSA) is 97.8 Å². The van der Waals surface area contributed by atoms with Crippen LogP contribution in [0.25, 0.3) is 5.76 Å². The Balaban J connectivity index is 1.56. The molecule has 2 aromatic carbocycles. The Labute approximate surface area is 235 Å². The molecule has 0 aliphatic carbocycles. The number of hydrogen-bond donors (Lipinski definition) is 1. The first-order chi connectivity index (χ1) is 19.4. The second-order valence-electron chi connectivity index (χ2n) is 10.4. The molecule has 0 unspecified atom stereocenters. The first-order valence-electron chi connectivity index (χ1n) is 14.2. The fraction of sp³-hybridized carbons (Fsp3) is 0.484. The Kier molecular flexibility index (Phi) is 8.61. The number of ether oxygens (including phenoxy) is 4. The molecule has 0 bridgehead atoms. The highest BCUT2D eigenvalue weighted by Gasteiger charge is 2.46. The van der Waals surface area contributed by atoms with E-state index in [-0.39, 0.29) is 17.4 Å². The summed E-state index contributed by atoms with van der Waals surface area (Å²) >= 11 is 0. The van der Waals surface area contributed by atoms with E-state index in [0.29, 0.717) is 68.6 Å². The Morgan fingerprint density at radius 1 is 1.02 bits per heavy atom. The maximum Gasteiger partial charge on any atom is 0.295 e. The van der Waals surface area contributed by atoms with Gasteiger partial charge in [0.25, 0.3) is 11.7 Å². The van der Waals surface area contributed by atoms with Gasteiger partial charge in [-0.1, -0.05) is 13.0 Å². The van der Waals surface area contributed by atoms with Crippen molar-refractivity contribution in [2.45, 2.75) is 45.8 Å². The van der Waals surface area contributed by atoms with Gasteiger partial charge in [-0.3, -0.25) is 14.5 Å². The first-order valence-corrected chi connectivity index (χ1v) is 14.2. The lowest BCUT2D eigenvalue weighted by Crippen LogP contribution is -2.42. The van der Waals surface area contributed by atoms with Gasteiger partial charge in [-0.25, -0.2) is 0 Å². The van der Waals surface area contributed by atoms with Gasteiger partial charge in [0.15, 0.2) is 11.5 Å². The van der Waals surface area contributed by atoms with Crippen molar-refractivity contribution in [1.29, 1.82) is 0 Å². The van der Waals surface area contributed by atoms with Crippen molar-refractivity contribution in [3.63, 3.8) is 0 Å². The molecule has 5 rings (SSSR count). The van der Waals surface area contributed by atoms with Crippen molar-refractivity contribution in [3.8, 4) is 17.2 Å². The molecule has 3 aliphatic rings. The monoisotopic (exact) mass is 550 g/mol. The minimum absolute atomic E-state index is 0.0450. The third kappa shape index (κ3) is 5.67. The number of nitrogens with zero attached hydrogens (tertiary/aromatic N) is 2. The zero-order valence-electron chi connectivity index (χ0n) is 23.5. The van der Waals surface area contributed by atoms with Gasteiger partial charge in [-0.15, -0.1) is 0 Å². The number of carbonyl (C=O) groups excluding carboxylic acids is 2. The lowest BCUT2D eigenvalue weighted by atomic mass is 9.94. The van der Waals surface area contributed by atoms with Crippen LogP contribution >= 0.6 is 0 Å². The Morgan fingerprint density at radius 3 is 2.58 bits per heavy atom. The van der Waals surface area contributed by atoms with E-state index in [1.807, 2.05) is 51.1 Å². The summed E-state index contributed by atoms with van der Waals surface area (Å²) in [6, 6.07) is 10.1. The number of benzene rings is 2. The molecule has 9 heteroatoms. The number of morpholine rings is 1. The van der Waals surface area contributed by atoms with E-state index in [9.17, 15) is 14.7 Å². The van der Waals surface area contributed by atoms with Gasteiger partial charge in [0, 0.05) is 38.2 Å². The zero-order valence-corrected chi connectivity index (χ0v) is 23.5. The average molecular weight is 551 g/mol. The van der Waals surface area contributed by atoms with Crippen molar-refractivity contribution in [3.05, 3.63) is 58.7 Å². The summed E-state index contributed by atoms with van der Waals surface area (Å²) in [5, 5.41) is 11.6. The van der Waals surface area contributed by atoms with E-state index in [0.717, 1.165) is 30.8 Å². The molecule has 3 heterocycles. The van der Waals surface area contributed by atoms with Gasteiger partial charge in [-0.2, -0.15) is 0 Å². The molecule has 0 spiro atoms. The minimum atomic E-state index is -0.774. The molecule has 0 saturated carbocycles. The number of rotatable bonds is 10. The average Bonchev–Trinajstić information content (AvgIpc) is 3.46. The molecule has 9 nitrogen and oxygen atoms in total. The van der Waals surface area contributed by atoms with Gasteiger partial charge in [0.2, 0.25) is 0 Å². The van der Waals surface area contributed by atoms with Crippen LogP contribution in [0, 0.1) is 0 Å². The Morgan fingerprint density at radius 2 is 1.82 bits per heavy atom.